The molecule has 1 atom stereocenters. The van der Waals surface area contributed by atoms with Crippen LogP contribution in [0.3, 0.4) is 0 Å². The van der Waals surface area contributed by atoms with E-state index in [9.17, 15) is 14.4 Å². The number of benzene rings is 1. The van der Waals surface area contributed by atoms with Crippen LogP contribution in [0.25, 0.3) is 0 Å². The molecule has 134 valence electrons. The van der Waals surface area contributed by atoms with E-state index in [1.54, 1.807) is 26.8 Å². The van der Waals surface area contributed by atoms with Gasteiger partial charge in [-0.2, -0.15) is 0 Å². The number of hydrogen-bond acceptors (Lipinski definition) is 5. The molecule has 0 bridgehead atoms. The van der Waals surface area contributed by atoms with Gasteiger partial charge in [0.05, 0.1) is 12.8 Å². The van der Waals surface area contributed by atoms with Crippen LogP contribution in [0.4, 0.5) is 10.5 Å². The number of nitrogens with zero attached hydrogens (tertiary/aromatic N) is 1. The second-order valence-electron chi connectivity index (χ2n) is 7.72. The number of esters is 1. The Balaban J connectivity index is 2.20. The molecule has 0 saturated heterocycles. The number of ether oxygens (including phenoxy) is 2. The molecule has 1 aromatic rings. The zero-order chi connectivity index (χ0) is 18.6. The third-order valence-electron chi connectivity index (χ3n) is 4.83. The van der Waals surface area contributed by atoms with Crippen molar-refractivity contribution in [2.45, 2.75) is 51.6 Å². The van der Waals surface area contributed by atoms with Gasteiger partial charge in [-0.05, 0) is 39.7 Å². The van der Waals surface area contributed by atoms with Gasteiger partial charge in [0.1, 0.15) is 11.0 Å². The summed E-state index contributed by atoms with van der Waals surface area (Å²) in [6, 6.07) is 3.55. The van der Waals surface area contributed by atoms with E-state index >= 15 is 0 Å². The Hall–Kier alpha value is -2.37. The number of carbonyl (C=O) groups is 3. The van der Waals surface area contributed by atoms with Crippen molar-refractivity contribution in [1.82, 2.24) is 0 Å². The molecule has 0 fully saturated rings. The summed E-state index contributed by atoms with van der Waals surface area (Å²) in [4.78, 5) is 39.3. The largest absolute Gasteiger partial charge is 0.468 e. The van der Waals surface area contributed by atoms with Crippen LogP contribution in [-0.2, 0) is 19.7 Å². The first-order valence-electron chi connectivity index (χ1n) is 8.37. The third kappa shape index (κ3) is 2.60. The van der Waals surface area contributed by atoms with E-state index in [2.05, 4.69) is 0 Å². The fourth-order valence-corrected chi connectivity index (χ4v) is 3.79. The van der Waals surface area contributed by atoms with Crippen molar-refractivity contribution in [1.29, 1.82) is 0 Å². The zero-order valence-corrected chi connectivity index (χ0v) is 15.3. The summed E-state index contributed by atoms with van der Waals surface area (Å²) < 4.78 is 10.6. The Morgan fingerprint density at radius 2 is 1.92 bits per heavy atom. The molecule has 2 aliphatic rings. The van der Waals surface area contributed by atoms with Crippen molar-refractivity contribution in [3.05, 3.63) is 28.8 Å². The first kappa shape index (κ1) is 17.5. The molecule has 1 aliphatic heterocycles. The molecule has 0 N–H and O–H groups in total. The van der Waals surface area contributed by atoms with Crippen LogP contribution >= 0.6 is 0 Å². The second-order valence-corrected chi connectivity index (χ2v) is 7.72. The Bertz CT molecular complexity index is 777. The number of rotatable bonds is 1. The highest BCUT2D eigenvalue weighted by molar-refractivity contribution is 6.09. The number of carbonyl (C=O) groups excluding carboxylic acids is 3. The molecule has 0 saturated carbocycles. The van der Waals surface area contributed by atoms with Crippen molar-refractivity contribution in [3.63, 3.8) is 0 Å². The number of Topliss-reactive ketones (excluding diaryl/α,β-unsaturated/α-hetero) is 1. The highest BCUT2D eigenvalue weighted by Gasteiger charge is 2.56. The molecular formula is C19H23NO5. The van der Waals surface area contributed by atoms with Gasteiger partial charge in [0.25, 0.3) is 0 Å². The Labute approximate surface area is 147 Å². The lowest BCUT2D eigenvalue weighted by Gasteiger charge is -2.31. The monoisotopic (exact) mass is 345 g/mol. The van der Waals surface area contributed by atoms with E-state index in [1.165, 1.54) is 12.0 Å². The first-order chi connectivity index (χ1) is 11.6. The zero-order valence-electron chi connectivity index (χ0n) is 15.3. The number of methoxy groups -OCH3 is 1. The summed E-state index contributed by atoms with van der Waals surface area (Å²) in [5.41, 5.74) is 0.881. The molecule has 3 rings (SSSR count). The highest BCUT2D eigenvalue weighted by atomic mass is 16.6. The van der Waals surface area contributed by atoms with E-state index < -0.39 is 23.1 Å². The van der Waals surface area contributed by atoms with Gasteiger partial charge in [-0.1, -0.05) is 12.1 Å². The normalized spacial score (nSPS) is 21.8. The molecular weight excluding hydrogens is 322 g/mol. The lowest BCUT2D eigenvalue weighted by Crippen LogP contribution is -2.46. The quantitative estimate of drug-likeness (QED) is 0.731. The average Bonchev–Trinajstić information content (AvgIpc) is 2.89. The lowest BCUT2D eigenvalue weighted by atomic mass is 9.70. The van der Waals surface area contributed by atoms with Gasteiger partial charge < -0.3 is 9.47 Å². The van der Waals surface area contributed by atoms with Crippen molar-refractivity contribution in [3.8, 4) is 0 Å². The fraction of sp³-hybridized carbons (Fsp3) is 0.526. The number of amides is 1. The number of aryl methyl sites for hydroxylation is 1. The van der Waals surface area contributed by atoms with Crippen LogP contribution in [-0.4, -0.2) is 37.1 Å². The van der Waals surface area contributed by atoms with Gasteiger partial charge in [0.15, 0.2) is 5.78 Å². The maximum atomic E-state index is 12.8. The standard InChI is InChI=1S/C19H23NO5/c1-11-6-7-12-13(21)8-9-19(16(22)24-5)10-20(15(11)14(12)19)17(23)25-18(2,3)4/h6-7H,8-10H2,1-5H3. The molecule has 25 heavy (non-hydrogen) atoms. The minimum Gasteiger partial charge on any atom is -0.468 e. The van der Waals surface area contributed by atoms with Crippen molar-refractivity contribution >= 4 is 23.5 Å². The number of ketones is 1. The van der Waals surface area contributed by atoms with Crippen LogP contribution < -0.4 is 4.90 Å². The first-order valence-corrected chi connectivity index (χ1v) is 8.37. The molecule has 0 aromatic heterocycles. The third-order valence-corrected chi connectivity index (χ3v) is 4.83. The van der Waals surface area contributed by atoms with Gasteiger partial charge in [0.2, 0.25) is 0 Å². The molecule has 1 aromatic carbocycles. The molecule has 1 amide bonds. The van der Waals surface area contributed by atoms with Crippen LogP contribution in [0.1, 0.15) is 55.1 Å². The van der Waals surface area contributed by atoms with Gasteiger partial charge in [-0.25, -0.2) is 4.79 Å². The van der Waals surface area contributed by atoms with Gasteiger partial charge in [0, 0.05) is 24.1 Å². The average molecular weight is 345 g/mol. The molecule has 1 heterocycles. The molecule has 0 spiro atoms. The van der Waals surface area contributed by atoms with E-state index in [1.807, 2.05) is 13.0 Å². The summed E-state index contributed by atoms with van der Waals surface area (Å²) in [5, 5.41) is 0. The Kier molecular flexibility index (Phi) is 3.89. The summed E-state index contributed by atoms with van der Waals surface area (Å²) in [5.74, 6) is -0.430. The number of anilines is 1. The maximum absolute atomic E-state index is 12.8. The predicted octanol–water partition coefficient (Wildman–Crippen LogP) is 3.14. The molecule has 1 unspecified atom stereocenters. The van der Waals surface area contributed by atoms with E-state index in [0.29, 0.717) is 23.2 Å². The fourth-order valence-electron chi connectivity index (χ4n) is 3.79. The van der Waals surface area contributed by atoms with Crippen LogP contribution in [0.5, 0.6) is 0 Å². The van der Waals surface area contributed by atoms with E-state index in [0.717, 1.165) is 5.56 Å². The van der Waals surface area contributed by atoms with E-state index in [4.69, 9.17) is 9.47 Å². The molecule has 1 aliphatic carbocycles. The highest BCUT2D eigenvalue weighted by Crippen LogP contribution is 2.51. The smallest absolute Gasteiger partial charge is 0.414 e. The van der Waals surface area contributed by atoms with Crippen LogP contribution in [0.2, 0.25) is 0 Å². The molecule has 6 heteroatoms. The van der Waals surface area contributed by atoms with E-state index in [-0.39, 0.29) is 18.7 Å². The lowest BCUT2D eigenvalue weighted by molar-refractivity contribution is -0.147. The minimum atomic E-state index is -1.00. The summed E-state index contributed by atoms with van der Waals surface area (Å²) in [6.07, 6.45) is 0.0720. The summed E-state index contributed by atoms with van der Waals surface area (Å²) >= 11 is 0. The Morgan fingerprint density at radius 1 is 1.24 bits per heavy atom. The summed E-state index contributed by atoms with van der Waals surface area (Å²) in [6.45, 7) is 7.37. The minimum absolute atomic E-state index is 0.0122. The van der Waals surface area contributed by atoms with Gasteiger partial charge in [-0.15, -0.1) is 0 Å². The van der Waals surface area contributed by atoms with Gasteiger partial charge in [-0.3, -0.25) is 14.5 Å². The van der Waals surface area contributed by atoms with Crippen molar-refractivity contribution in [2.24, 2.45) is 0 Å². The molecule has 0 radical (unpaired) electrons. The van der Waals surface area contributed by atoms with Crippen molar-refractivity contribution in [2.75, 3.05) is 18.6 Å². The summed E-state index contributed by atoms with van der Waals surface area (Å²) in [7, 11) is 1.33. The van der Waals surface area contributed by atoms with Gasteiger partial charge >= 0.3 is 12.1 Å². The Morgan fingerprint density at radius 3 is 2.52 bits per heavy atom. The predicted molar refractivity (Wildman–Crippen MR) is 92.0 cm³/mol. The van der Waals surface area contributed by atoms with Crippen LogP contribution in [0.15, 0.2) is 12.1 Å². The second kappa shape index (κ2) is 5.58. The SMILES string of the molecule is COC(=O)C12CCC(=O)c3ccc(C)c(c31)N(C(=O)OC(C)(C)C)C2. The topological polar surface area (TPSA) is 72.9 Å². The maximum Gasteiger partial charge on any atom is 0.414 e. The van der Waals surface area contributed by atoms with Crippen LogP contribution in [0, 0.1) is 6.92 Å². The molecule has 6 nitrogen and oxygen atoms in total. The number of hydrogen-bond donors (Lipinski definition) is 0. The van der Waals surface area contributed by atoms with Crippen molar-refractivity contribution < 1.29 is 23.9 Å².